The van der Waals surface area contributed by atoms with Gasteiger partial charge in [0.15, 0.2) is 0 Å². The predicted molar refractivity (Wildman–Crippen MR) is 83.8 cm³/mol. The standard InChI is InChI=1S/C17H28N2/c1-3-5-8-13-19-14-11-16(18-12-4-2)15-9-6-7-10-17(15)19/h6-7,9-10,16,18H,3-5,8,11-14H2,1-2H3. The summed E-state index contributed by atoms with van der Waals surface area (Å²) >= 11 is 0. The molecule has 1 aliphatic heterocycles. The smallest absolute Gasteiger partial charge is 0.0414 e. The molecule has 1 unspecified atom stereocenters. The van der Waals surface area contributed by atoms with Gasteiger partial charge in [-0.2, -0.15) is 0 Å². The summed E-state index contributed by atoms with van der Waals surface area (Å²) < 4.78 is 0. The maximum Gasteiger partial charge on any atom is 0.0414 e. The number of benzene rings is 1. The lowest BCUT2D eigenvalue weighted by Crippen LogP contribution is -2.36. The predicted octanol–water partition coefficient (Wildman–Crippen LogP) is 4.13. The van der Waals surface area contributed by atoms with E-state index in [0.717, 1.165) is 6.54 Å². The van der Waals surface area contributed by atoms with Gasteiger partial charge < -0.3 is 10.2 Å². The summed E-state index contributed by atoms with van der Waals surface area (Å²) in [4.78, 5) is 2.58. The van der Waals surface area contributed by atoms with Gasteiger partial charge in [-0.3, -0.25) is 0 Å². The topological polar surface area (TPSA) is 15.3 Å². The van der Waals surface area contributed by atoms with Gasteiger partial charge in [-0.1, -0.05) is 44.9 Å². The number of fused-ring (bicyclic) bond motifs is 1. The zero-order chi connectivity index (χ0) is 13.5. The molecule has 0 fully saturated rings. The van der Waals surface area contributed by atoms with Crippen molar-refractivity contribution in [1.82, 2.24) is 5.32 Å². The molecule has 0 saturated carbocycles. The lowest BCUT2D eigenvalue weighted by atomic mass is 9.96. The summed E-state index contributed by atoms with van der Waals surface area (Å²) in [5, 5.41) is 3.69. The molecular weight excluding hydrogens is 232 g/mol. The van der Waals surface area contributed by atoms with Crippen LogP contribution in [0.1, 0.15) is 57.6 Å². The van der Waals surface area contributed by atoms with Crippen LogP contribution < -0.4 is 10.2 Å². The number of anilines is 1. The van der Waals surface area contributed by atoms with Gasteiger partial charge in [-0.15, -0.1) is 0 Å². The van der Waals surface area contributed by atoms with E-state index in [9.17, 15) is 0 Å². The molecule has 1 heterocycles. The summed E-state index contributed by atoms with van der Waals surface area (Å²) in [5.74, 6) is 0. The third kappa shape index (κ3) is 3.73. The second-order valence-electron chi connectivity index (χ2n) is 5.55. The molecule has 2 heteroatoms. The van der Waals surface area contributed by atoms with Crippen molar-refractivity contribution in [3.05, 3.63) is 29.8 Å². The fraction of sp³-hybridized carbons (Fsp3) is 0.647. The first-order valence-corrected chi connectivity index (χ1v) is 7.94. The number of para-hydroxylation sites is 1. The Morgan fingerprint density at radius 3 is 2.79 bits per heavy atom. The molecule has 0 radical (unpaired) electrons. The van der Waals surface area contributed by atoms with E-state index in [4.69, 9.17) is 0 Å². The van der Waals surface area contributed by atoms with Crippen molar-refractivity contribution in [2.24, 2.45) is 0 Å². The van der Waals surface area contributed by atoms with Gasteiger partial charge in [0, 0.05) is 24.8 Å². The van der Waals surface area contributed by atoms with Crippen LogP contribution in [-0.2, 0) is 0 Å². The molecule has 1 N–H and O–H groups in total. The van der Waals surface area contributed by atoms with Crippen LogP contribution in [-0.4, -0.2) is 19.6 Å². The van der Waals surface area contributed by atoms with Crippen molar-refractivity contribution in [2.75, 3.05) is 24.5 Å². The first-order chi connectivity index (χ1) is 9.36. The van der Waals surface area contributed by atoms with Crippen molar-refractivity contribution in [3.8, 4) is 0 Å². The average molecular weight is 260 g/mol. The van der Waals surface area contributed by atoms with E-state index in [1.807, 2.05) is 0 Å². The van der Waals surface area contributed by atoms with E-state index in [1.165, 1.54) is 56.4 Å². The van der Waals surface area contributed by atoms with Crippen molar-refractivity contribution in [1.29, 1.82) is 0 Å². The Bertz CT molecular complexity index is 375. The number of nitrogens with one attached hydrogen (secondary N) is 1. The molecule has 0 spiro atoms. The van der Waals surface area contributed by atoms with E-state index < -0.39 is 0 Å². The molecule has 0 aliphatic carbocycles. The zero-order valence-corrected chi connectivity index (χ0v) is 12.5. The highest BCUT2D eigenvalue weighted by Crippen LogP contribution is 2.33. The lowest BCUT2D eigenvalue weighted by molar-refractivity contribution is 0.474. The third-order valence-electron chi connectivity index (χ3n) is 4.01. The fourth-order valence-corrected chi connectivity index (χ4v) is 2.95. The van der Waals surface area contributed by atoms with Gasteiger partial charge in [-0.25, -0.2) is 0 Å². The number of unbranched alkanes of at least 4 members (excludes halogenated alkanes) is 2. The molecule has 0 saturated heterocycles. The fourth-order valence-electron chi connectivity index (χ4n) is 2.95. The van der Waals surface area contributed by atoms with Gasteiger partial charge >= 0.3 is 0 Å². The Morgan fingerprint density at radius 1 is 1.16 bits per heavy atom. The minimum Gasteiger partial charge on any atom is -0.371 e. The quantitative estimate of drug-likeness (QED) is 0.742. The number of rotatable bonds is 7. The summed E-state index contributed by atoms with van der Waals surface area (Å²) in [6.07, 6.45) is 6.41. The molecule has 106 valence electrons. The normalized spacial score (nSPS) is 18.4. The minimum absolute atomic E-state index is 0.554. The van der Waals surface area contributed by atoms with Gasteiger partial charge in [0.2, 0.25) is 0 Å². The summed E-state index contributed by atoms with van der Waals surface area (Å²) in [5.41, 5.74) is 2.96. The number of hydrogen-bond donors (Lipinski definition) is 1. The molecule has 2 rings (SSSR count). The Hall–Kier alpha value is -1.02. The first-order valence-electron chi connectivity index (χ1n) is 7.94. The van der Waals surface area contributed by atoms with Crippen LogP contribution in [0.5, 0.6) is 0 Å². The molecule has 1 aliphatic rings. The zero-order valence-electron chi connectivity index (χ0n) is 12.5. The summed E-state index contributed by atoms with van der Waals surface area (Å²) in [7, 11) is 0. The van der Waals surface area contributed by atoms with E-state index >= 15 is 0 Å². The van der Waals surface area contributed by atoms with E-state index in [2.05, 4.69) is 48.3 Å². The van der Waals surface area contributed by atoms with Crippen LogP contribution >= 0.6 is 0 Å². The molecule has 0 aromatic heterocycles. The molecular formula is C17H28N2. The highest BCUT2D eigenvalue weighted by Gasteiger charge is 2.23. The van der Waals surface area contributed by atoms with Crippen LogP contribution in [0.3, 0.4) is 0 Å². The summed E-state index contributed by atoms with van der Waals surface area (Å²) in [6, 6.07) is 9.50. The van der Waals surface area contributed by atoms with Gasteiger partial charge in [0.05, 0.1) is 0 Å². The van der Waals surface area contributed by atoms with Crippen LogP contribution in [0.2, 0.25) is 0 Å². The maximum absolute atomic E-state index is 3.69. The Morgan fingerprint density at radius 2 is 2.00 bits per heavy atom. The largest absolute Gasteiger partial charge is 0.371 e. The van der Waals surface area contributed by atoms with Crippen LogP contribution in [0.25, 0.3) is 0 Å². The van der Waals surface area contributed by atoms with Gasteiger partial charge in [-0.05, 0) is 37.4 Å². The molecule has 0 amide bonds. The Labute approximate surface area is 118 Å². The third-order valence-corrected chi connectivity index (χ3v) is 4.01. The highest BCUT2D eigenvalue weighted by atomic mass is 15.1. The molecule has 19 heavy (non-hydrogen) atoms. The monoisotopic (exact) mass is 260 g/mol. The SMILES string of the molecule is CCCCCN1CCC(NCCC)c2ccccc21. The Balaban J connectivity index is 2.05. The van der Waals surface area contributed by atoms with Crippen molar-refractivity contribution in [2.45, 2.75) is 52.0 Å². The van der Waals surface area contributed by atoms with E-state index in [0.29, 0.717) is 6.04 Å². The summed E-state index contributed by atoms with van der Waals surface area (Å²) in [6.45, 7) is 8.04. The maximum atomic E-state index is 3.69. The number of nitrogens with zero attached hydrogens (tertiary/aromatic N) is 1. The van der Waals surface area contributed by atoms with Crippen LogP contribution in [0.4, 0.5) is 5.69 Å². The molecule has 2 nitrogen and oxygen atoms in total. The van der Waals surface area contributed by atoms with Gasteiger partial charge in [0.25, 0.3) is 0 Å². The highest BCUT2D eigenvalue weighted by molar-refractivity contribution is 5.56. The molecule has 1 atom stereocenters. The first kappa shape index (κ1) is 14.4. The minimum atomic E-state index is 0.554. The lowest BCUT2D eigenvalue weighted by Gasteiger charge is -2.36. The van der Waals surface area contributed by atoms with Crippen molar-refractivity contribution in [3.63, 3.8) is 0 Å². The van der Waals surface area contributed by atoms with E-state index in [1.54, 1.807) is 0 Å². The van der Waals surface area contributed by atoms with Crippen molar-refractivity contribution < 1.29 is 0 Å². The van der Waals surface area contributed by atoms with Crippen LogP contribution in [0.15, 0.2) is 24.3 Å². The average Bonchev–Trinajstić information content (AvgIpc) is 2.46. The van der Waals surface area contributed by atoms with Gasteiger partial charge in [0.1, 0.15) is 0 Å². The second-order valence-corrected chi connectivity index (χ2v) is 5.55. The second kappa shape index (κ2) is 7.54. The van der Waals surface area contributed by atoms with Crippen molar-refractivity contribution >= 4 is 5.69 Å². The molecule has 0 bridgehead atoms. The van der Waals surface area contributed by atoms with E-state index in [-0.39, 0.29) is 0 Å². The Kier molecular flexibility index (Phi) is 5.71. The number of hydrogen-bond acceptors (Lipinski definition) is 2. The molecule has 1 aromatic carbocycles. The molecule has 1 aromatic rings. The van der Waals surface area contributed by atoms with Crippen LogP contribution in [0, 0.1) is 0 Å².